The highest BCUT2D eigenvalue weighted by Crippen LogP contribution is 2.65. The Morgan fingerprint density at radius 1 is 1.09 bits per heavy atom. The van der Waals surface area contributed by atoms with Crippen LogP contribution in [0.1, 0.15) is 27.7 Å². The molecular weight excluding hydrogens is 293 g/mol. The quantitative estimate of drug-likeness (QED) is 0.735. The monoisotopic (exact) mass is 305 g/mol. The van der Waals surface area contributed by atoms with Crippen molar-refractivity contribution in [1.29, 1.82) is 0 Å². The van der Waals surface area contributed by atoms with Crippen molar-refractivity contribution in [2.24, 2.45) is 0 Å². The lowest BCUT2D eigenvalue weighted by molar-refractivity contribution is 0.314. The van der Waals surface area contributed by atoms with E-state index >= 15 is 0 Å². The van der Waals surface area contributed by atoms with Gasteiger partial charge in [0.1, 0.15) is 0 Å². The van der Waals surface area contributed by atoms with Gasteiger partial charge in [-0.05, 0) is 27.7 Å². The van der Waals surface area contributed by atoms with E-state index in [1.807, 2.05) is 32.4 Å². The molecule has 0 heterocycles. The van der Waals surface area contributed by atoms with Gasteiger partial charge in [0.2, 0.25) is 0 Å². The molecule has 5 heteroatoms. The number of nitrogens with zero attached hydrogens (tertiary/aromatic N) is 1. The molecule has 0 amide bonds. The minimum Gasteiger partial charge on any atom is -0.282 e. The summed E-state index contributed by atoms with van der Waals surface area (Å²) in [5.74, 6) is 0. The van der Waals surface area contributed by atoms with E-state index in [0.29, 0.717) is 0 Å². The third-order valence-electron chi connectivity index (χ3n) is 1.33. The van der Waals surface area contributed by atoms with Crippen LogP contribution >= 0.6 is 35.7 Å². The van der Waals surface area contributed by atoms with E-state index in [4.69, 9.17) is 0 Å². The van der Waals surface area contributed by atoms with E-state index in [2.05, 4.69) is 31.0 Å². The van der Waals surface area contributed by atoms with Gasteiger partial charge in [-0.2, -0.15) is 0 Å². The number of hydrogen-bond donors (Lipinski definition) is 0. The van der Waals surface area contributed by atoms with E-state index < -0.39 is 4.70 Å². The molecule has 0 bridgehead atoms. The maximum absolute atomic E-state index is 11.6. The van der Waals surface area contributed by atoms with Crippen molar-refractivity contribution in [3.05, 3.63) is 0 Å². The Hall–Kier alpha value is 1.15. The maximum atomic E-state index is 11.6. The van der Waals surface area contributed by atoms with Gasteiger partial charge < -0.3 is 0 Å². The van der Waals surface area contributed by atoms with Gasteiger partial charge in [0.25, 0.3) is 4.70 Å². The molecule has 0 aliphatic carbocycles. The molecule has 11 heavy (non-hydrogen) atoms. The Morgan fingerprint density at radius 3 is 1.36 bits per heavy atom. The second-order valence-electron chi connectivity index (χ2n) is 3.00. The summed E-state index contributed by atoms with van der Waals surface area (Å²) in [5.41, 5.74) is 0. The van der Waals surface area contributed by atoms with Crippen molar-refractivity contribution >= 4 is 35.7 Å². The summed E-state index contributed by atoms with van der Waals surface area (Å²) in [5, 5.41) is 0. The van der Waals surface area contributed by atoms with Crippen molar-refractivity contribution in [2.45, 2.75) is 39.8 Å². The Kier molecular flexibility index (Phi) is 4.86. The lowest BCUT2D eigenvalue weighted by Gasteiger charge is -2.31. The standard InChI is InChI=1S/C6H14Br2NOP/c1-5(2)9(6(3)4)11(7,8)10/h5-6H,1-4H3. The van der Waals surface area contributed by atoms with Crippen LogP contribution in [-0.4, -0.2) is 16.8 Å². The molecule has 0 aromatic heterocycles. The largest absolute Gasteiger partial charge is 0.282 e. The van der Waals surface area contributed by atoms with Gasteiger partial charge in [0.05, 0.1) is 0 Å². The highest BCUT2D eigenvalue weighted by molar-refractivity contribution is 9.70. The normalized spacial score (nSPS) is 13.5. The van der Waals surface area contributed by atoms with Crippen LogP contribution in [0.15, 0.2) is 0 Å². The van der Waals surface area contributed by atoms with Crippen molar-refractivity contribution in [3.8, 4) is 0 Å². The van der Waals surface area contributed by atoms with Crippen LogP contribution in [0, 0.1) is 0 Å². The van der Waals surface area contributed by atoms with E-state index in [0.717, 1.165) is 0 Å². The Balaban J connectivity index is 4.49. The fraction of sp³-hybridized carbons (Fsp3) is 1.00. The minimum atomic E-state index is -2.43. The smallest absolute Gasteiger partial charge is 0.273 e. The molecule has 0 aliphatic rings. The molecule has 0 saturated heterocycles. The second-order valence-corrected chi connectivity index (χ2v) is 13.0. The van der Waals surface area contributed by atoms with Crippen LogP contribution in [-0.2, 0) is 4.57 Å². The molecule has 0 unspecified atom stereocenters. The molecule has 0 aromatic carbocycles. The molecule has 0 radical (unpaired) electrons. The molecule has 0 fully saturated rings. The second kappa shape index (κ2) is 4.40. The van der Waals surface area contributed by atoms with E-state index in [1.54, 1.807) is 0 Å². The Labute approximate surface area is 84.6 Å². The lowest BCUT2D eigenvalue weighted by Crippen LogP contribution is -2.31. The SMILES string of the molecule is CC(C)N(C(C)C)P(=O)(Br)Br. The zero-order valence-corrected chi connectivity index (χ0v) is 11.3. The first kappa shape index (κ1) is 12.2. The van der Waals surface area contributed by atoms with Crippen LogP contribution in [0.3, 0.4) is 0 Å². The zero-order chi connectivity index (χ0) is 9.23. The van der Waals surface area contributed by atoms with Gasteiger partial charge in [-0.25, -0.2) is 4.67 Å². The highest BCUT2D eigenvalue weighted by atomic mass is 79.9. The Bertz CT molecular complexity index is 158. The van der Waals surface area contributed by atoms with Crippen LogP contribution in [0.5, 0.6) is 0 Å². The first-order valence-electron chi connectivity index (χ1n) is 3.55. The van der Waals surface area contributed by atoms with E-state index in [1.165, 1.54) is 0 Å². The van der Waals surface area contributed by atoms with Crippen molar-refractivity contribution in [3.63, 3.8) is 0 Å². The van der Waals surface area contributed by atoms with Crippen LogP contribution in [0.2, 0.25) is 0 Å². The number of rotatable bonds is 3. The molecule has 0 aromatic rings. The van der Waals surface area contributed by atoms with E-state index in [-0.39, 0.29) is 12.1 Å². The topological polar surface area (TPSA) is 20.3 Å². The predicted octanol–water partition coefficient (Wildman–Crippen LogP) is 4.00. The van der Waals surface area contributed by atoms with Crippen LogP contribution in [0.4, 0.5) is 0 Å². The molecule has 2 nitrogen and oxygen atoms in total. The third-order valence-corrected chi connectivity index (χ3v) is 4.99. The first-order valence-corrected chi connectivity index (χ1v) is 9.24. The summed E-state index contributed by atoms with van der Waals surface area (Å²) in [6.45, 7) is 8.09. The van der Waals surface area contributed by atoms with Gasteiger partial charge in [0, 0.05) is 43.1 Å². The predicted molar refractivity (Wildman–Crippen MR) is 57.6 cm³/mol. The zero-order valence-electron chi connectivity index (χ0n) is 7.21. The van der Waals surface area contributed by atoms with Gasteiger partial charge >= 0.3 is 0 Å². The van der Waals surface area contributed by atoms with Gasteiger partial charge in [-0.3, -0.25) is 4.57 Å². The maximum Gasteiger partial charge on any atom is 0.273 e. The summed E-state index contributed by atoms with van der Waals surface area (Å²) >= 11 is 6.29. The summed E-state index contributed by atoms with van der Waals surface area (Å²) in [6, 6.07) is 0.555. The molecule has 0 spiro atoms. The molecule has 0 atom stereocenters. The average Bonchev–Trinajstić information content (AvgIpc) is 1.54. The molecule has 0 rings (SSSR count). The summed E-state index contributed by atoms with van der Waals surface area (Å²) in [6.07, 6.45) is 0. The van der Waals surface area contributed by atoms with E-state index in [9.17, 15) is 4.57 Å². The number of hydrogen-bond acceptors (Lipinski definition) is 1. The molecular formula is C6H14Br2NOP. The molecule has 0 N–H and O–H groups in total. The minimum absolute atomic E-state index is 0.277. The molecule has 0 saturated carbocycles. The molecule has 68 valence electrons. The third kappa shape index (κ3) is 4.07. The fourth-order valence-corrected chi connectivity index (χ4v) is 6.60. The summed E-state index contributed by atoms with van der Waals surface area (Å²) in [4.78, 5) is 0. The van der Waals surface area contributed by atoms with Crippen molar-refractivity contribution in [1.82, 2.24) is 4.67 Å². The number of halogens is 2. The van der Waals surface area contributed by atoms with Crippen molar-refractivity contribution < 1.29 is 4.57 Å². The van der Waals surface area contributed by atoms with Gasteiger partial charge in [-0.1, -0.05) is 0 Å². The van der Waals surface area contributed by atoms with Crippen LogP contribution < -0.4 is 0 Å². The lowest BCUT2D eigenvalue weighted by atomic mass is 10.3. The van der Waals surface area contributed by atoms with Gasteiger partial charge in [-0.15, -0.1) is 0 Å². The average molecular weight is 307 g/mol. The first-order chi connectivity index (χ1) is 4.76. The Morgan fingerprint density at radius 2 is 1.36 bits per heavy atom. The van der Waals surface area contributed by atoms with Crippen molar-refractivity contribution in [2.75, 3.05) is 0 Å². The fourth-order valence-electron chi connectivity index (χ4n) is 1.13. The molecule has 0 aliphatic heterocycles. The highest BCUT2D eigenvalue weighted by Gasteiger charge is 2.28. The summed E-state index contributed by atoms with van der Waals surface area (Å²) in [7, 11) is 0. The van der Waals surface area contributed by atoms with Gasteiger partial charge in [0.15, 0.2) is 0 Å². The summed E-state index contributed by atoms with van der Waals surface area (Å²) < 4.78 is 11.0. The van der Waals surface area contributed by atoms with Crippen LogP contribution in [0.25, 0.3) is 0 Å².